The van der Waals surface area contributed by atoms with Crippen LogP contribution >= 0.6 is 15.9 Å². The number of halogens is 1. The Morgan fingerprint density at radius 3 is 2.30 bits per heavy atom. The maximum Gasteiger partial charge on any atom is 0.256 e. The smallest absolute Gasteiger partial charge is 0.256 e. The van der Waals surface area contributed by atoms with Crippen molar-refractivity contribution < 1.29 is 9.59 Å². The van der Waals surface area contributed by atoms with Crippen molar-refractivity contribution >= 4 is 39.2 Å². The van der Waals surface area contributed by atoms with Gasteiger partial charge in [0.1, 0.15) is 0 Å². The van der Waals surface area contributed by atoms with Crippen LogP contribution in [0.1, 0.15) is 46.2 Å². The summed E-state index contributed by atoms with van der Waals surface area (Å²) in [4.78, 5) is 24.8. The van der Waals surface area contributed by atoms with E-state index in [1.807, 2.05) is 26.0 Å². The number of aromatic amines is 1. The molecule has 1 aromatic heterocycles. The van der Waals surface area contributed by atoms with Crippen LogP contribution in [0.25, 0.3) is 0 Å². The number of H-pyrrole nitrogens is 1. The second-order valence-electron chi connectivity index (χ2n) is 6.36. The molecular weight excluding hydrogens is 408 g/mol. The van der Waals surface area contributed by atoms with Gasteiger partial charge >= 0.3 is 0 Å². The third-order valence-corrected chi connectivity index (χ3v) is 4.42. The molecule has 3 rings (SSSR count). The van der Waals surface area contributed by atoms with Gasteiger partial charge in [-0.25, -0.2) is 0 Å². The number of amides is 2. The van der Waals surface area contributed by atoms with E-state index in [1.165, 1.54) is 0 Å². The number of anilines is 2. The maximum atomic E-state index is 12.5. The molecule has 7 heteroatoms. The third kappa shape index (κ3) is 4.83. The molecule has 3 N–H and O–H groups in total. The molecule has 0 spiro atoms. The second-order valence-corrected chi connectivity index (χ2v) is 7.28. The molecule has 0 fully saturated rings. The van der Waals surface area contributed by atoms with Gasteiger partial charge in [-0.15, -0.1) is 0 Å². The summed E-state index contributed by atoms with van der Waals surface area (Å²) in [6.07, 6.45) is 0. The number of nitrogens with zero attached hydrogens (tertiary/aromatic N) is 1. The Balaban J connectivity index is 1.70. The number of aromatic nitrogens is 2. The van der Waals surface area contributed by atoms with Gasteiger partial charge in [0.05, 0.1) is 0 Å². The summed E-state index contributed by atoms with van der Waals surface area (Å²) in [5, 5.41) is 12.5. The first kappa shape index (κ1) is 18.8. The van der Waals surface area contributed by atoms with E-state index in [0.717, 1.165) is 10.2 Å². The van der Waals surface area contributed by atoms with Crippen molar-refractivity contribution in [1.82, 2.24) is 10.2 Å². The lowest BCUT2D eigenvalue weighted by Gasteiger charge is -2.08. The quantitative estimate of drug-likeness (QED) is 0.547. The molecular formula is C20H19BrN4O2. The van der Waals surface area contributed by atoms with Crippen molar-refractivity contribution in [3.8, 4) is 0 Å². The minimum absolute atomic E-state index is 0.247. The number of hydrogen-bond donors (Lipinski definition) is 3. The molecule has 0 aliphatic rings. The van der Waals surface area contributed by atoms with E-state index >= 15 is 0 Å². The van der Waals surface area contributed by atoms with Gasteiger partial charge in [0.15, 0.2) is 5.82 Å². The number of benzene rings is 2. The zero-order chi connectivity index (χ0) is 19.4. The summed E-state index contributed by atoms with van der Waals surface area (Å²) < 4.78 is 0.822. The molecule has 0 unspecified atom stereocenters. The standard InChI is InChI=1S/C20H19BrN4O2/c1-12(2)17-11-18(25-24-17)23-20(27)14-6-4-8-16(10-14)22-19(26)13-5-3-7-15(21)9-13/h3-12H,1-2H3,(H,22,26)(H2,23,24,25,27). The predicted molar refractivity (Wildman–Crippen MR) is 109 cm³/mol. The van der Waals surface area contributed by atoms with Gasteiger partial charge in [-0.1, -0.05) is 41.9 Å². The monoisotopic (exact) mass is 426 g/mol. The maximum absolute atomic E-state index is 12.5. The van der Waals surface area contributed by atoms with Gasteiger partial charge < -0.3 is 10.6 Å². The molecule has 2 aromatic carbocycles. The largest absolute Gasteiger partial charge is 0.322 e. The van der Waals surface area contributed by atoms with Crippen molar-refractivity contribution in [3.63, 3.8) is 0 Å². The van der Waals surface area contributed by atoms with Crippen molar-refractivity contribution in [2.75, 3.05) is 10.6 Å². The normalized spacial score (nSPS) is 10.7. The fraction of sp³-hybridized carbons (Fsp3) is 0.150. The molecule has 6 nitrogen and oxygen atoms in total. The van der Waals surface area contributed by atoms with E-state index < -0.39 is 0 Å². The topological polar surface area (TPSA) is 86.9 Å². The summed E-state index contributed by atoms with van der Waals surface area (Å²) in [5.41, 5.74) is 2.44. The van der Waals surface area contributed by atoms with Crippen molar-refractivity contribution in [2.24, 2.45) is 0 Å². The van der Waals surface area contributed by atoms with Gasteiger partial charge in [-0.05, 0) is 42.3 Å². The number of rotatable bonds is 5. The van der Waals surface area contributed by atoms with Gasteiger partial charge in [0, 0.05) is 33.0 Å². The Hall–Kier alpha value is -2.93. The summed E-state index contributed by atoms with van der Waals surface area (Å²) in [6.45, 7) is 4.08. The number of carbonyl (C=O) groups excluding carboxylic acids is 2. The molecule has 0 bridgehead atoms. The van der Waals surface area contributed by atoms with Crippen LogP contribution in [0.15, 0.2) is 59.1 Å². The number of carbonyl (C=O) groups is 2. The van der Waals surface area contributed by atoms with Crippen LogP contribution in [0, 0.1) is 0 Å². The Bertz CT molecular complexity index is 981. The fourth-order valence-electron chi connectivity index (χ4n) is 2.46. The van der Waals surface area contributed by atoms with Crippen LogP contribution in [0.2, 0.25) is 0 Å². The predicted octanol–water partition coefficient (Wildman–Crippen LogP) is 4.80. The molecule has 138 valence electrons. The van der Waals surface area contributed by atoms with Crippen LogP contribution in [-0.2, 0) is 0 Å². The minimum Gasteiger partial charge on any atom is -0.322 e. The zero-order valence-corrected chi connectivity index (χ0v) is 16.5. The molecule has 0 aliphatic carbocycles. The fourth-order valence-corrected chi connectivity index (χ4v) is 2.86. The van der Waals surface area contributed by atoms with Gasteiger partial charge in [-0.2, -0.15) is 5.10 Å². The van der Waals surface area contributed by atoms with Crippen LogP contribution in [0.5, 0.6) is 0 Å². The van der Waals surface area contributed by atoms with E-state index in [1.54, 1.807) is 42.5 Å². The average molecular weight is 427 g/mol. The SMILES string of the molecule is CC(C)c1cc(NC(=O)c2cccc(NC(=O)c3cccc(Br)c3)c2)n[nH]1. The van der Waals surface area contributed by atoms with E-state index in [4.69, 9.17) is 0 Å². The summed E-state index contributed by atoms with van der Waals surface area (Å²) in [5.74, 6) is 0.213. The first-order valence-corrected chi connectivity index (χ1v) is 9.25. The van der Waals surface area contributed by atoms with Crippen molar-refractivity contribution in [2.45, 2.75) is 19.8 Å². The number of hydrogen-bond acceptors (Lipinski definition) is 3. The van der Waals surface area contributed by atoms with E-state index in [-0.39, 0.29) is 11.8 Å². The van der Waals surface area contributed by atoms with Gasteiger partial charge in [-0.3, -0.25) is 14.7 Å². The molecule has 3 aromatic rings. The molecule has 0 saturated heterocycles. The van der Waals surface area contributed by atoms with Gasteiger partial charge in [0.2, 0.25) is 0 Å². The lowest BCUT2D eigenvalue weighted by Crippen LogP contribution is -2.14. The first-order valence-electron chi connectivity index (χ1n) is 8.46. The van der Waals surface area contributed by atoms with E-state index in [2.05, 4.69) is 36.8 Å². The van der Waals surface area contributed by atoms with Crippen LogP contribution < -0.4 is 10.6 Å². The summed E-state index contributed by atoms with van der Waals surface area (Å²) >= 11 is 3.35. The highest BCUT2D eigenvalue weighted by atomic mass is 79.9. The van der Waals surface area contributed by atoms with E-state index in [9.17, 15) is 9.59 Å². The third-order valence-electron chi connectivity index (χ3n) is 3.93. The van der Waals surface area contributed by atoms with Crippen LogP contribution in [-0.4, -0.2) is 22.0 Å². The summed E-state index contributed by atoms with van der Waals surface area (Å²) in [7, 11) is 0. The second kappa shape index (κ2) is 8.18. The lowest BCUT2D eigenvalue weighted by atomic mass is 10.1. The molecule has 0 atom stereocenters. The van der Waals surface area contributed by atoms with Crippen LogP contribution in [0.3, 0.4) is 0 Å². The van der Waals surface area contributed by atoms with E-state index in [0.29, 0.717) is 28.6 Å². The minimum atomic E-state index is -0.296. The molecule has 0 aliphatic heterocycles. The zero-order valence-electron chi connectivity index (χ0n) is 14.9. The molecule has 1 heterocycles. The van der Waals surface area contributed by atoms with Gasteiger partial charge in [0.25, 0.3) is 11.8 Å². The Morgan fingerprint density at radius 2 is 1.63 bits per heavy atom. The highest BCUT2D eigenvalue weighted by molar-refractivity contribution is 9.10. The Morgan fingerprint density at radius 1 is 0.963 bits per heavy atom. The summed E-state index contributed by atoms with van der Waals surface area (Å²) in [6, 6.07) is 15.7. The molecule has 27 heavy (non-hydrogen) atoms. The molecule has 2 amide bonds. The molecule has 0 saturated carbocycles. The van der Waals surface area contributed by atoms with Crippen LogP contribution in [0.4, 0.5) is 11.5 Å². The lowest BCUT2D eigenvalue weighted by molar-refractivity contribution is 0.101. The molecule has 0 radical (unpaired) electrons. The van der Waals surface area contributed by atoms with Crippen molar-refractivity contribution in [1.29, 1.82) is 0 Å². The average Bonchev–Trinajstić information content (AvgIpc) is 3.11. The highest BCUT2D eigenvalue weighted by Gasteiger charge is 2.12. The Labute approximate surface area is 165 Å². The van der Waals surface area contributed by atoms with Crippen molar-refractivity contribution in [3.05, 3.63) is 75.9 Å². The number of nitrogens with one attached hydrogen (secondary N) is 3. The first-order chi connectivity index (χ1) is 12.9. The highest BCUT2D eigenvalue weighted by Crippen LogP contribution is 2.18. The Kier molecular flexibility index (Phi) is 5.71.